The van der Waals surface area contributed by atoms with Crippen LogP contribution in [0.15, 0.2) is 29.3 Å². The molecule has 2 N–H and O–H groups in total. The van der Waals surface area contributed by atoms with Gasteiger partial charge in [-0.15, -0.1) is 24.0 Å². The summed E-state index contributed by atoms with van der Waals surface area (Å²) in [5.41, 5.74) is 2.60. The molecule has 0 aliphatic carbocycles. The van der Waals surface area contributed by atoms with Crippen molar-refractivity contribution in [3.8, 4) is 0 Å². The highest BCUT2D eigenvalue weighted by Crippen LogP contribution is 2.11. The summed E-state index contributed by atoms with van der Waals surface area (Å²) >= 11 is 0. The predicted molar refractivity (Wildman–Crippen MR) is 126 cm³/mol. The van der Waals surface area contributed by atoms with Gasteiger partial charge in [-0.25, -0.2) is 4.99 Å². The van der Waals surface area contributed by atoms with Gasteiger partial charge < -0.3 is 25.2 Å². The van der Waals surface area contributed by atoms with Crippen LogP contribution in [-0.4, -0.2) is 76.8 Å². The summed E-state index contributed by atoms with van der Waals surface area (Å²) in [7, 11) is 8.07. The van der Waals surface area contributed by atoms with Crippen LogP contribution in [0.3, 0.4) is 0 Å². The summed E-state index contributed by atoms with van der Waals surface area (Å²) in [5.74, 6) is 0.873. The van der Waals surface area contributed by atoms with E-state index in [4.69, 9.17) is 9.73 Å². The Labute approximate surface area is 182 Å². The second kappa shape index (κ2) is 16.1. The van der Waals surface area contributed by atoms with Gasteiger partial charge in [-0.1, -0.05) is 24.3 Å². The van der Waals surface area contributed by atoms with E-state index in [1.165, 1.54) is 11.1 Å². The lowest BCUT2D eigenvalue weighted by molar-refractivity contribution is 0.180. The van der Waals surface area contributed by atoms with Crippen LogP contribution in [0.25, 0.3) is 0 Å². The molecular formula is C20H38IN5O. The highest BCUT2D eigenvalue weighted by Gasteiger charge is 2.04. The first-order valence-corrected chi connectivity index (χ1v) is 9.48. The molecule has 1 rings (SSSR count). The Morgan fingerprint density at radius 1 is 1.07 bits per heavy atom. The third-order valence-corrected chi connectivity index (χ3v) is 4.03. The van der Waals surface area contributed by atoms with Crippen LogP contribution in [0.1, 0.15) is 24.5 Å². The van der Waals surface area contributed by atoms with Gasteiger partial charge in [0, 0.05) is 46.4 Å². The molecule has 0 amide bonds. The van der Waals surface area contributed by atoms with E-state index < -0.39 is 0 Å². The highest BCUT2D eigenvalue weighted by atomic mass is 127. The van der Waals surface area contributed by atoms with Gasteiger partial charge in [-0.3, -0.25) is 0 Å². The Morgan fingerprint density at radius 2 is 1.78 bits per heavy atom. The van der Waals surface area contributed by atoms with Crippen LogP contribution < -0.4 is 10.6 Å². The third kappa shape index (κ3) is 12.2. The molecule has 0 aliphatic rings. The van der Waals surface area contributed by atoms with Gasteiger partial charge in [0.05, 0.1) is 6.54 Å². The molecule has 27 heavy (non-hydrogen) atoms. The van der Waals surface area contributed by atoms with Crippen LogP contribution >= 0.6 is 24.0 Å². The molecule has 6 nitrogen and oxygen atoms in total. The van der Waals surface area contributed by atoms with Gasteiger partial charge in [0.15, 0.2) is 5.96 Å². The van der Waals surface area contributed by atoms with Crippen molar-refractivity contribution in [2.75, 3.05) is 61.0 Å². The van der Waals surface area contributed by atoms with E-state index >= 15 is 0 Å². The number of nitrogens with one attached hydrogen (secondary N) is 2. The van der Waals surface area contributed by atoms with E-state index in [2.05, 4.69) is 72.8 Å². The van der Waals surface area contributed by atoms with Crippen LogP contribution in [0.4, 0.5) is 0 Å². The molecule has 0 aromatic heterocycles. The van der Waals surface area contributed by atoms with Crippen molar-refractivity contribution in [2.45, 2.75) is 26.4 Å². The van der Waals surface area contributed by atoms with E-state index in [1.54, 1.807) is 7.11 Å². The number of aliphatic imine (C=N–C) groups is 1. The highest BCUT2D eigenvalue weighted by molar-refractivity contribution is 14.0. The fourth-order valence-electron chi connectivity index (χ4n) is 2.67. The normalized spacial score (nSPS) is 11.6. The number of nitrogens with zero attached hydrogens (tertiary/aromatic N) is 3. The van der Waals surface area contributed by atoms with Gasteiger partial charge in [-0.2, -0.15) is 0 Å². The number of hydrogen-bond donors (Lipinski definition) is 2. The molecule has 0 atom stereocenters. The molecule has 0 fully saturated rings. The minimum absolute atomic E-state index is 0. The average Bonchev–Trinajstić information content (AvgIpc) is 2.60. The fourth-order valence-corrected chi connectivity index (χ4v) is 2.67. The topological polar surface area (TPSA) is 52.1 Å². The second-order valence-electron chi connectivity index (χ2n) is 6.78. The summed E-state index contributed by atoms with van der Waals surface area (Å²) in [5, 5.41) is 6.76. The van der Waals surface area contributed by atoms with Crippen molar-refractivity contribution in [3.63, 3.8) is 0 Å². The smallest absolute Gasteiger partial charge is 0.191 e. The molecule has 156 valence electrons. The molecule has 0 bridgehead atoms. The fraction of sp³-hybridized carbons (Fsp3) is 0.650. The van der Waals surface area contributed by atoms with Gasteiger partial charge in [0.1, 0.15) is 0 Å². The van der Waals surface area contributed by atoms with Crippen molar-refractivity contribution >= 4 is 29.9 Å². The number of rotatable bonds is 12. The Bertz CT molecular complexity index is 525. The number of guanidine groups is 1. The lowest BCUT2D eigenvalue weighted by Gasteiger charge is -2.18. The zero-order valence-corrected chi connectivity index (χ0v) is 20.0. The number of ether oxygens (including phenoxy) is 1. The molecule has 0 saturated heterocycles. The second-order valence-corrected chi connectivity index (χ2v) is 6.78. The number of likely N-dealkylation sites (N-methyl/N-ethyl adjacent to an activating group) is 1. The van der Waals surface area contributed by atoms with Crippen molar-refractivity contribution < 1.29 is 4.74 Å². The van der Waals surface area contributed by atoms with Crippen molar-refractivity contribution in [1.29, 1.82) is 0 Å². The van der Waals surface area contributed by atoms with Gasteiger partial charge in [0.25, 0.3) is 0 Å². The summed E-state index contributed by atoms with van der Waals surface area (Å²) in [6.07, 6.45) is 1.06. The van der Waals surface area contributed by atoms with Crippen LogP contribution in [0.2, 0.25) is 0 Å². The maximum atomic E-state index is 5.10. The molecule has 0 heterocycles. The standard InChI is InChI=1S/C20H37N5O.HI/c1-6-21-20(22-12-14-25(4)13-9-15-26-5)23-16-18-10-7-8-11-19(18)17-24(2)3;/h7-8,10-11H,6,9,12-17H2,1-5H3,(H2,21,22,23);1H. The Balaban J connectivity index is 0.00000676. The summed E-state index contributed by atoms with van der Waals surface area (Å²) in [6.45, 7) is 8.27. The van der Waals surface area contributed by atoms with E-state index in [9.17, 15) is 0 Å². The molecule has 0 aliphatic heterocycles. The maximum absolute atomic E-state index is 5.10. The van der Waals surface area contributed by atoms with Crippen LogP contribution in [0.5, 0.6) is 0 Å². The van der Waals surface area contributed by atoms with Crippen LogP contribution in [-0.2, 0) is 17.8 Å². The van der Waals surface area contributed by atoms with Crippen molar-refractivity contribution in [2.24, 2.45) is 4.99 Å². The molecule has 0 saturated carbocycles. The van der Waals surface area contributed by atoms with Crippen LogP contribution in [0, 0.1) is 0 Å². The number of benzene rings is 1. The molecule has 0 spiro atoms. The largest absolute Gasteiger partial charge is 0.385 e. The van der Waals surface area contributed by atoms with E-state index in [1.807, 2.05) is 0 Å². The minimum atomic E-state index is 0. The Kier molecular flexibility index (Phi) is 15.6. The monoisotopic (exact) mass is 491 g/mol. The number of hydrogen-bond acceptors (Lipinski definition) is 4. The van der Waals surface area contributed by atoms with Gasteiger partial charge in [-0.05, 0) is 45.6 Å². The van der Waals surface area contributed by atoms with E-state index in [0.29, 0.717) is 6.54 Å². The Morgan fingerprint density at radius 3 is 2.41 bits per heavy atom. The molecular weight excluding hydrogens is 453 g/mol. The number of halogens is 1. The lowest BCUT2D eigenvalue weighted by atomic mass is 10.1. The molecule has 1 aromatic carbocycles. The first kappa shape index (κ1) is 26.1. The quantitative estimate of drug-likeness (QED) is 0.204. The summed E-state index contributed by atoms with van der Waals surface area (Å²) < 4.78 is 5.10. The summed E-state index contributed by atoms with van der Waals surface area (Å²) in [4.78, 5) is 9.25. The minimum Gasteiger partial charge on any atom is -0.385 e. The van der Waals surface area contributed by atoms with E-state index in [0.717, 1.165) is 51.7 Å². The first-order valence-electron chi connectivity index (χ1n) is 9.48. The molecule has 1 aromatic rings. The van der Waals surface area contributed by atoms with Gasteiger partial charge >= 0.3 is 0 Å². The summed E-state index contributed by atoms with van der Waals surface area (Å²) in [6, 6.07) is 8.52. The maximum Gasteiger partial charge on any atom is 0.191 e. The molecule has 0 radical (unpaired) electrons. The molecule has 7 heteroatoms. The van der Waals surface area contributed by atoms with Crippen molar-refractivity contribution in [1.82, 2.24) is 20.4 Å². The SMILES string of the molecule is CCNC(=NCc1ccccc1CN(C)C)NCCN(C)CCCOC.I. The van der Waals surface area contributed by atoms with E-state index in [-0.39, 0.29) is 24.0 Å². The Hall–Kier alpha value is -0.900. The number of methoxy groups -OCH3 is 1. The first-order chi connectivity index (χ1) is 12.6. The zero-order valence-electron chi connectivity index (χ0n) is 17.6. The lowest BCUT2D eigenvalue weighted by Crippen LogP contribution is -2.41. The predicted octanol–water partition coefficient (Wildman–Crippen LogP) is 2.39. The third-order valence-electron chi connectivity index (χ3n) is 4.03. The zero-order chi connectivity index (χ0) is 19.2. The average molecular weight is 491 g/mol. The molecule has 0 unspecified atom stereocenters. The van der Waals surface area contributed by atoms with Crippen molar-refractivity contribution in [3.05, 3.63) is 35.4 Å². The van der Waals surface area contributed by atoms with Gasteiger partial charge in [0.2, 0.25) is 0 Å².